The maximum atomic E-state index is 13.0. The highest BCUT2D eigenvalue weighted by molar-refractivity contribution is 7.09. The third-order valence-electron chi connectivity index (χ3n) is 6.80. The number of hydrogen-bond acceptors (Lipinski definition) is 4. The van der Waals surface area contributed by atoms with E-state index < -0.39 is 0 Å². The van der Waals surface area contributed by atoms with Gasteiger partial charge in [0.1, 0.15) is 11.9 Å². The molecule has 4 rings (SSSR count). The summed E-state index contributed by atoms with van der Waals surface area (Å²) < 4.78 is 2.08. The van der Waals surface area contributed by atoms with Crippen LogP contribution in [0, 0.1) is 31.1 Å². The zero-order valence-corrected chi connectivity index (χ0v) is 18.2. The summed E-state index contributed by atoms with van der Waals surface area (Å²) in [6.45, 7) is 6.10. The van der Waals surface area contributed by atoms with Gasteiger partial charge in [-0.15, -0.1) is 11.3 Å². The molecule has 6 heteroatoms. The fraction of sp³-hybridized carbons (Fsp3) is 0.565. The number of piperidine rings is 1. The van der Waals surface area contributed by atoms with Crippen LogP contribution in [0.1, 0.15) is 60.2 Å². The van der Waals surface area contributed by atoms with Crippen LogP contribution in [-0.4, -0.2) is 34.5 Å². The standard InChI is InChI=1S/C23H30N4OS/c1-16-17(2)27(14-19-9-6-12-29-19)23(20(16)13-24)25-22(28)15-26-11-5-8-18-7-3-4-10-21(18)26/h6,9,12,18,21H,3-5,7-8,10-11,14-15H2,1-2H3,(H,25,28)/t18-,21+/m0/s1. The monoisotopic (exact) mass is 410 g/mol. The van der Waals surface area contributed by atoms with E-state index in [0.29, 0.717) is 30.5 Å². The van der Waals surface area contributed by atoms with E-state index in [9.17, 15) is 10.1 Å². The van der Waals surface area contributed by atoms with Crippen LogP contribution in [0.5, 0.6) is 0 Å². The number of amides is 1. The van der Waals surface area contributed by atoms with Gasteiger partial charge in [0.15, 0.2) is 0 Å². The largest absolute Gasteiger partial charge is 0.325 e. The Hall–Kier alpha value is -2.10. The van der Waals surface area contributed by atoms with Gasteiger partial charge >= 0.3 is 0 Å². The van der Waals surface area contributed by atoms with Crippen LogP contribution in [-0.2, 0) is 11.3 Å². The van der Waals surface area contributed by atoms with Crippen LogP contribution in [0.15, 0.2) is 17.5 Å². The van der Waals surface area contributed by atoms with Crippen molar-refractivity contribution in [1.29, 1.82) is 5.26 Å². The highest BCUT2D eigenvalue weighted by Crippen LogP contribution is 2.35. The maximum Gasteiger partial charge on any atom is 0.239 e. The number of fused-ring (bicyclic) bond motifs is 1. The van der Waals surface area contributed by atoms with Gasteiger partial charge in [-0.2, -0.15) is 5.26 Å². The van der Waals surface area contributed by atoms with Crippen molar-refractivity contribution in [1.82, 2.24) is 9.47 Å². The first-order chi connectivity index (χ1) is 14.1. The Balaban J connectivity index is 1.53. The number of likely N-dealkylation sites (tertiary alicyclic amines) is 1. The first-order valence-corrected chi connectivity index (χ1v) is 11.6. The molecule has 0 spiro atoms. The van der Waals surface area contributed by atoms with Gasteiger partial charge in [-0.25, -0.2) is 0 Å². The molecule has 0 bridgehead atoms. The number of aromatic nitrogens is 1. The molecule has 1 amide bonds. The highest BCUT2D eigenvalue weighted by atomic mass is 32.1. The average molecular weight is 411 g/mol. The summed E-state index contributed by atoms with van der Waals surface area (Å²) in [4.78, 5) is 16.6. The van der Waals surface area contributed by atoms with E-state index >= 15 is 0 Å². The molecule has 29 heavy (non-hydrogen) atoms. The Bertz CT molecular complexity index is 906. The SMILES string of the molecule is Cc1c(C#N)c(NC(=O)CN2CCC[C@@H]3CCCC[C@H]32)n(Cc2cccs2)c1C. The predicted molar refractivity (Wildman–Crippen MR) is 117 cm³/mol. The number of hydrogen-bond donors (Lipinski definition) is 1. The van der Waals surface area contributed by atoms with E-state index in [1.807, 2.05) is 19.9 Å². The van der Waals surface area contributed by atoms with Crippen molar-refractivity contribution in [2.24, 2.45) is 5.92 Å². The molecular weight excluding hydrogens is 380 g/mol. The Labute approximate surface area is 177 Å². The summed E-state index contributed by atoms with van der Waals surface area (Å²) >= 11 is 1.69. The molecule has 1 aliphatic heterocycles. The number of nitrogens with zero attached hydrogens (tertiary/aromatic N) is 3. The molecule has 1 aliphatic carbocycles. The zero-order valence-electron chi connectivity index (χ0n) is 17.4. The molecule has 1 N–H and O–H groups in total. The van der Waals surface area contributed by atoms with Gasteiger partial charge in [0.05, 0.1) is 18.7 Å². The molecule has 2 fully saturated rings. The van der Waals surface area contributed by atoms with Gasteiger partial charge in [0.2, 0.25) is 5.91 Å². The van der Waals surface area contributed by atoms with Crippen LogP contribution >= 0.6 is 11.3 Å². The van der Waals surface area contributed by atoms with E-state index in [0.717, 1.165) is 23.7 Å². The van der Waals surface area contributed by atoms with Crippen molar-refractivity contribution in [2.75, 3.05) is 18.4 Å². The molecule has 154 valence electrons. The Morgan fingerprint density at radius 1 is 1.28 bits per heavy atom. The van der Waals surface area contributed by atoms with E-state index in [1.165, 1.54) is 43.4 Å². The van der Waals surface area contributed by atoms with Crippen LogP contribution in [0.4, 0.5) is 5.82 Å². The van der Waals surface area contributed by atoms with Crippen LogP contribution in [0.3, 0.4) is 0 Å². The lowest BCUT2D eigenvalue weighted by Crippen LogP contribution is -2.49. The van der Waals surface area contributed by atoms with Gasteiger partial charge in [0, 0.05) is 16.6 Å². The van der Waals surface area contributed by atoms with E-state index in [4.69, 9.17) is 0 Å². The lowest BCUT2D eigenvalue weighted by molar-refractivity contribution is -0.119. The van der Waals surface area contributed by atoms with Crippen molar-refractivity contribution in [3.05, 3.63) is 39.2 Å². The number of nitrogens with one attached hydrogen (secondary N) is 1. The van der Waals surface area contributed by atoms with Gasteiger partial charge in [0.25, 0.3) is 0 Å². The second kappa shape index (κ2) is 8.73. The Kier molecular flexibility index (Phi) is 6.07. The number of rotatable bonds is 5. The predicted octanol–water partition coefficient (Wildman–Crippen LogP) is 4.68. The summed E-state index contributed by atoms with van der Waals surface area (Å²) in [6, 6.07) is 6.99. The van der Waals surface area contributed by atoms with Crippen molar-refractivity contribution >= 4 is 23.1 Å². The number of carbonyl (C=O) groups excluding carboxylic acids is 1. The van der Waals surface area contributed by atoms with E-state index in [1.54, 1.807) is 11.3 Å². The molecule has 0 aromatic carbocycles. The lowest BCUT2D eigenvalue weighted by atomic mass is 9.78. The van der Waals surface area contributed by atoms with Crippen LogP contribution in [0.25, 0.3) is 0 Å². The van der Waals surface area contributed by atoms with Crippen LogP contribution < -0.4 is 5.32 Å². The average Bonchev–Trinajstić information content (AvgIpc) is 3.31. The molecule has 2 aromatic heterocycles. The normalized spacial score (nSPS) is 22.1. The molecule has 0 unspecified atom stereocenters. The van der Waals surface area contributed by atoms with Crippen molar-refractivity contribution in [2.45, 2.75) is 65.0 Å². The molecule has 2 atom stereocenters. The van der Waals surface area contributed by atoms with E-state index in [-0.39, 0.29) is 5.91 Å². The van der Waals surface area contributed by atoms with Gasteiger partial charge in [-0.3, -0.25) is 9.69 Å². The lowest BCUT2D eigenvalue weighted by Gasteiger charge is -2.43. The molecular formula is C23H30N4OS. The number of nitriles is 1. The number of carbonyl (C=O) groups is 1. The minimum absolute atomic E-state index is 0.00217. The second-order valence-corrected chi connectivity index (χ2v) is 9.52. The first-order valence-electron chi connectivity index (χ1n) is 10.7. The number of anilines is 1. The maximum absolute atomic E-state index is 13.0. The van der Waals surface area contributed by atoms with Crippen molar-refractivity contribution in [3.8, 4) is 6.07 Å². The summed E-state index contributed by atoms with van der Waals surface area (Å²) in [5.74, 6) is 1.41. The smallest absolute Gasteiger partial charge is 0.239 e. The Morgan fingerprint density at radius 3 is 2.83 bits per heavy atom. The molecule has 5 nitrogen and oxygen atoms in total. The topological polar surface area (TPSA) is 61.1 Å². The molecule has 2 aliphatic rings. The first kappa shape index (κ1) is 20.2. The van der Waals surface area contributed by atoms with Crippen LogP contribution in [0.2, 0.25) is 0 Å². The highest BCUT2D eigenvalue weighted by Gasteiger charge is 2.34. The van der Waals surface area contributed by atoms with Gasteiger partial charge < -0.3 is 9.88 Å². The second-order valence-electron chi connectivity index (χ2n) is 8.48. The summed E-state index contributed by atoms with van der Waals surface area (Å²) in [7, 11) is 0. The Morgan fingerprint density at radius 2 is 2.07 bits per heavy atom. The quantitative estimate of drug-likeness (QED) is 0.778. The number of thiophene rings is 1. The van der Waals surface area contributed by atoms with E-state index in [2.05, 4.69) is 32.3 Å². The third kappa shape index (κ3) is 4.12. The molecule has 0 radical (unpaired) electrons. The van der Waals surface area contributed by atoms with Crippen molar-refractivity contribution in [3.63, 3.8) is 0 Å². The fourth-order valence-corrected chi connectivity index (χ4v) is 5.86. The molecule has 1 saturated carbocycles. The fourth-order valence-electron chi connectivity index (χ4n) is 5.17. The molecule has 2 aromatic rings. The van der Waals surface area contributed by atoms with Crippen molar-refractivity contribution < 1.29 is 4.79 Å². The third-order valence-corrected chi connectivity index (χ3v) is 7.66. The molecule has 1 saturated heterocycles. The minimum Gasteiger partial charge on any atom is -0.325 e. The van der Waals surface area contributed by atoms with Gasteiger partial charge in [-0.1, -0.05) is 18.9 Å². The summed E-state index contributed by atoms with van der Waals surface area (Å²) in [6.07, 6.45) is 7.63. The zero-order chi connectivity index (χ0) is 20.4. The molecule has 3 heterocycles. The van der Waals surface area contributed by atoms with Gasteiger partial charge in [-0.05, 0) is 69.0 Å². The summed E-state index contributed by atoms with van der Waals surface area (Å²) in [5.41, 5.74) is 2.57. The summed E-state index contributed by atoms with van der Waals surface area (Å²) in [5, 5.41) is 14.9. The minimum atomic E-state index is -0.00217.